The van der Waals surface area contributed by atoms with Crippen LogP contribution in [-0.2, 0) is 0 Å². The second-order valence-corrected chi connectivity index (χ2v) is 3.72. The maximum Gasteiger partial charge on any atom is 0.00400 e. The first-order chi connectivity index (χ1) is 8.15. The first kappa shape index (κ1) is 18.3. The topological polar surface area (TPSA) is 0 Å². The van der Waals surface area contributed by atoms with Gasteiger partial charge in [-0.25, -0.2) is 0 Å². The lowest BCUT2D eigenvalue weighted by Crippen LogP contribution is -1.97. The van der Waals surface area contributed by atoms with Gasteiger partial charge in [-0.1, -0.05) is 76.6 Å². The van der Waals surface area contributed by atoms with Crippen LogP contribution in [0.1, 0.15) is 65.0 Å². The lowest BCUT2D eigenvalue weighted by atomic mass is 9.90. The van der Waals surface area contributed by atoms with Crippen LogP contribution in [0.15, 0.2) is 36.4 Å². The molecule has 0 fully saturated rings. The molecule has 1 rings (SSSR count). The van der Waals surface area contributed by atoms with Gasteiger partial charge >= 0.3 is 0 Å². The monoisotopic (exact) mass is 234 g/mol. The van der Waals surface area contributed by atoms with Gasteiger partial charge in [0.25, 0.3) is 0 Å². The lowest BCUT2D eigenvalue weighted by Gasteiger charge is -2.15. The number of hydrogen-bond donors (Lipinski definition) is 0. The van der Waals surface area contributed by atoms with Gasteiger partial charge in [0.05, 0.1) is 0 Å². The van der Waals surface area contributed by atoms with Crippen molar-refractivity contribution in [2.75, 3.05) is 0 Å². The lowest BCUT2D eigenvalue weighted by molar-refractivity contribution is 0.762. The van der Waals surface area contributed by atoms with Crippen LogP contribution in [0.3, 0.4) is 0 Å². The smallest absolute Gasteiger partial charge is 0.00400 e. The summed E-state index contributed by atoms with van der Waals surface area (Å²) >= 11 is 0. The molecule has 0 bridgehead atoms. The maximum atomic E-state index is 4.03. The van der Waals surface area contributed by atoms with E-state index in [1.807, 2.05) is 27.7 Å². The van der Waals surface area contributed by atoms with Crippen molar-refractivity contribution in [1.82, 2.24) is 0 Å². The van der Waals surface area contributed by atoms with Crippen LogP contribution in [0.2, 0.25) is 0 Å². The third kappa shape index (κ3) is 6.99. The minimum atomic E-state index is 0.528. The fraction of sp³-hybridized carbons (Fsp3) is 0.529. The summed E-state index contributed by atoms with van der Waals surface area (Å²) in [6.07, 6.45) is 1.14. The number of rotatable bonds is 3. The van der Waals surface area contributed by atoms with Crippen LogP contribution < -0.4 is 0 Å². The summed E-state index contributed by atoms with van der Waals surface area (Å²) in [4.78, 5) is 0. The van der Waals surface area contributed by atoms with Gasteiger partial charge in [-0.3, -0.25) is 0 Å². The van der Waals surface area contributed by atoms with Gasteiger partial charge < -0.3 is 0 Å². The second kappa shape index (κ2) is 11.4. The molecule has 1 unspecified atom stereocenters. The van der Waals surface area contributed by atoms with Gasteiger partial charge in [0.1, 0.15) is 0 Å². The highest BCUT2D eigenvalue weighted by atomic mass is 14.1. The van der Waals surface area contributed by atoms with Crippen LogP contribution in [0, 0.1) is 6.92 Å². The average Bonchev–Trinajstić information content (AvgIpc) is 2.37. The van der Waals surface area contributed by atoms with Crippen LogP contribution in [-0.4, -0.2) is 0 Å². The van der Waals surface area contributed by atoms with Crippen LogP contribution >= 0.6 is 0 Å². The summed E-state index contributed by atoms with van der Waals surface area (Å²) in [6.45, 7) is 18.5. The van der Waals surface area contributed by atoms with Crippen LogP contribution in [0.5, 0.6) is 0 Å². The highest BCUT2D eigenvalue weighted by molar-refractivity contribution is 5.29. The first-order valence-electron chi connectivity index (χ1n) is 6.87. The Labute approximate surface area is 109 Å². The van der Waals surface area contributed by atoms with E-state index in [9.17, 15) is 0 Å². The van der Waals surface area contributed by atoms with E-state index < -0.39 is 0 Å². The Morgan fingerprint density at radius 2 is 1.47 bits per heavy atom. The summed E-state index contributed by atoms with van der Waals surface area (Å²) in [5.74, 6) is 0.528. The summed E-state index contributed by atoms with van der Waals surface area (Å²) in [5, 5.41) is 0. The molecule has 0 aromatic heterocycles. The highest BCUT2D eigenvalue weighted by Gasteiger charge is 2.08. The molecule has 0 aliphatic carbocycles. The molecular formula is C17H30. The Bertz CT molecular complexity index is 279. The molecule has 0 heteroatoms. The first-order valence-corrected chi connectivity index (χ1v) is 6.87. The molecule has 0 spiro atoms. The minimum Gasteiger partial charge on any atom is -0.0995 e. The molecule has 0 N–H and O–H groups in total. The molecular weight excluding hydrogens is 204 g/mol. The maximum absolute atomic E-state index is 4.03. The summed E-state index contributed by atoms with van der Waals surface area (Å²) in [7, 11) is 0. The Kier molecular flexibility index (Phi) is 12.3. The SMILES string of the molecule is C=C(C)C(CC)c1ccc(C)cc1.CC.CC. The fourth-order valence-corrected chi connectivity index (χ4v) is 1.67. The predicted molar refractivity (Wildman–Crippen MR) is 81.7 cm³/mol. The molecule has 0 nitrogen and oxygen atoms in total. The Morgan fingerprint density at radius 1 is 1.06 bits per heavy atom. The predicted octanol–water partition coefficient (Wildman–Crippen LogP) is 6.12. The van der Waals surface area contributed by atoms with Crippen LogP contribution in [0.4, 0.5) is 0 Å². The quantitative estimate of drug-likeness (QED) is 0.553. The van der Waals surface area contributed by atoms with Crippen molar-refractivity contribution < 1.29 is 0 Å². The second-order valence-electron chi connectivity index (χ2n) is 3.72. The molecule has 0 heterocycles. The Hall–Kier alpha value is -1.04. The molecule has 0 radical (unpaired) electrons. The van der Waals surface area contributed by atoms with Gasteiger partial charge in [0.15, 0.2) is 0 Å². The highest BCUT2D eigenvalue weighted by Crippen LogP contribution is 2.26. The van der Waals surface area contributed by atoms with E-state index >= 15 is 0 Å². The molecule has 0 saturated carbocycles. The van der Waals surface area contributed by atoms with Gasteiger partial charge in [0, 0.05) is 5.92 Å². The molecule has 0 amide bonds. The standard InChI is InChI=1S/C13H18.2C2H6/c1-5-13(10(2)3)12-8-6-11(4)7-9-12;2*1-2/h6-9,13H,2,5H2,1,3-4H3;2*1-2H3. The number of hydrogen-bond acceptors (Lipinski definition) is 0. The fourth-order valence-electron chi connectivity index (χ4n) is 1.67. The van der Waals surface area contributed by atoms with Gasteiger partial charge in [-0.2, -0.15) is 0 Å². The van der Waals surface area contributed by atoms with E-state index in [-0.39, 0.29) is 0 Å². The molecule has 17 heavy (non-hydrogen) atoms. The molecule has 1 atom stereocenters. The summed E-state index contributed by atoms with van der Waals surface area (Å²) in [6, 6.07) is 8.75. The van der Waals surface area contributed by atoms with Crippen LogP contribution in [0.25, 0.3) is 0 Å². The largest absolute Gasteiger partial charge is 0.0995 e. The zero-order valence-corrected chi connectivity index (χ0v) is 12.8. The molecule has 1 aromatic rings. The molecule has 0 saturated heterocycles. The van der Waals surface area contributed by atoms with E-state index in [1.165, 1.54) is 16.7 Å². The third-order valence-electron chi connectivity index (χ3n) is 2.48. The van der Waals surface area contributed by atoms with Gasteiger partial charge in [0.2, 0.25) is 0 Å². The molecule has 1 aromatic carbocycles. The van der Waals surface area contributed by atoms with E-state index in [0.717, 1.165) is 6.42 Å². The van der Waals surface area contributed by atoms with Gasteiger partial charge in [-0.15, -0.1) is 0 Å². The number of allylic oxidation sites excluding steroid dienone is 1. The summed E-state index contributed by atoms with van der Waals surface area (Å²) < 4.78 is 0. The van der Waals surface area contributed by atoms with Crippen molar-refractivity contribution in [3.05, 3.63) is 47.5 Å². The number of benzene rings is 1. The van der Waals surface area contributed by atoms with E-state index in [1.54, 1.807) is 0 Å². The Morgan fingerprint density at radius 3 is 1.76 bits per heavy atom. The van der Waals surface area contributed by atoms with Crippen molar-refractivity contribution in [2.24, 2.45) is 0 Å². The Balaban J connectivity index is 0. The van der Waals surface area contributed by atoms with Crippen molar-refractivity contribution in [2.45, 2.75) is 60.8 Å². The molecule has 0 aliphatic heterocycles. The minimum absolute atomic E-state index is 0.528. The van der Waals surface area contributed by atoms with E-state index in [0.29, 0.717) is 5.92 Å². The van der Waals surface area contributed by atoms with Gasteiger partial charge in [-0.05, 0) is 25.8 Å². The average molecular weight is 234 g/mol. The normalized spacial score (nSPS) is 10.3. The zero-order chi connectivity index (χ0) is 13.8. The van der Waals surface area contributed by atoms with E-state index in [4.69, 9.17) is 0 Å². The van der Waals surface area contributed by atoms with Crippen molar-refractivity contribution >= 4 is 0 Å². The van der Waals surface area contributed by atoms with Crippen molar-refractivity contribution in [1.29, 1.82) is 0 Å². The van der Waals surface area contributed by atoms with Crippen molar-refractivity contribution in [3.8, 4) is 0 Å². The van der Waals surface area contributed by atoms with Crippen molar-refractivity contribution in [3.63, 3.8) is 0 Å². The van der Waals surface area contributed by atoms with E-state index in [2.05, 4.69) is 51.6 Å². The molecule has 98 valence electrons. The number of aryl methyl sites for hydroxylation is 1. The third-order valence-corrected chi connectivity index (χ3v) is 2.48. The summed E-state index contributed by atoms with van der Waals surface area (Å²) in [5.41, 5.74) is 3.97. The zero-order valence-electron chi connectivity index (χ0n) is 12.8. The molecule has 0 aliphatic rings.